The van der Waals surface area contributed by atoms with Crippen LogP contribution in [0.3, 0.4) is 0 Å². The number of alkyl halides is 3. The Labute approximate surface area is 259 Å². The molecular formula is C26H18BrCl2F3N8O3. The summed E-state index contributed by atoms with van der Waals surface area (Å²) in [6.07, 6.45) is -3.41. The molecule has 11 nitrogen and oxygen atoms in total. The topological polar surface area (TPSA) is 129 Å². The van der Waals surface area contributed by atoms with Gasteiger partial charge >= 0.3 is 6.36 Å². The molecule has 0 unspecified atom stereocenters. The van der Waals surface area contributed by atoms with Gasteiger partial charge in [-0.25, -0.2) is 9.67 Å². The van der Waals surface area contributed by atoms with Gasteiger partial charge in [-0.2, -0.15) is 20.1 Å². The molecule has 0 radical (unpaired) electrons. The molecule has 0 aliphatic carbocycles. The first-order valence-corrected chi connectivity index (χ1v) is 13.7. The molecule has 0 spiro atoms. The number of anilines is 1. The highest BCUT2D eigenvalue weighted by molar-refractivity contribution is 9.10. The third kappa shape index (κ3) is 6.58. The molecule has 43 heavy (non-hydrogen) atoms. The lowest BCUT2D eigenvalue weighted by molar-refractivity contribution is -0.274. The van der Waals surface area contributed by atoms with Crippen molar-refractivity contribution in [3.63, 3.8) is 0 Å². The lowest BCUT2D eigenvalue weighted by Crippen LogP contribution is -2.23. The number of fused-ring (bicyclic) bond motifs is 1. The first kappa shape index (κ1) is 30.3. The summed E-state index contributed by atoms with van der Waals surface area (Å²) in [4.78, 5) is 31.7. The lowest BCUT2D eigenvalue weighted by atomic mass is 10.1. The maximum absolute atomic E-state index is 13.7. The van der Waals surface area contributed by atoms with Crippen LogP contribution in [0.25, 0.3) is 16.9 Å². The number of benzene rings is 2. The standard InChI is InChI=1S/C26H18BrCl2F3N8O3/c1-12-6-13(28)7-16(24(41)33-2)21(12)35-25(42)20-8-14(36-40(20)23-18(29)4-3-5-34-23)11-39-37-19-10-15(43-26(30,31)32)9-17(27)22(19)38-39/h3-10H,11H2,1-2H3,(H,33,41)(H,35,42). The zero-order chi connectivity index (χ0) is 31.1. The van der Waals surface area contributed by atoms with Crippen molar-refractivity contribution in [2.45, 2.75) is 19.8 Å². The van der Waals surface area contributed by atoms with Gasteiger partial charge in [-0.05, 0) is 64.8 Å². The highest BCUT2D eigenvalue weighted by Gasteiger charge is 2.31. The number of carbonyl (C=O) groups is 2. The number of hydrogen-bond donors (Lipinski definition) is 2. The third-order valence-electron chi connectivity index (χ3n) is 5.94. The Morgan fingerprint density at radius 2 is 1.84 bits per heavy atom. The largest absolute Gasteiger partial charge is 0.573 e. The van der Waals surface area contributed by atoms with Crippen molar-refractivity contribution >= 4 is 67.7 Å². The predicted octanol–water partition coefficient (Wildman–Crippen LogP) is 5.95. The molecule has 17 heteroatoms. The Balaban J connectivity index is 1.53. The summed E-state index contributed by atoms with van der Waals surface area (Å²) in [5.41, 5.74) is 1.61. The van der Waals surface area contributed by atoms with E-state index in [0.29, 0.717) is 10.6 Å². The van der Waals surface area contributed by atoms with E-state index in [0.717, 1.165) is 12.1 Å². The monoisotopic (exact) mass is 696 g/mol. The molecule has 0 aliphatic rings. The van der Waals surface area contributed by atoms with Crippen molar-refractivity contribution in [3.05, 3.63) is 85.7 Å². The molecule has 0 saturated carbocycles. The maximum atomic E-state index is 13.7. The predicted molar refractivity (Wildman–Crippen MR) is 155 cm³/mol. The fourth-order valence-corrected chi connectivity index (χ4v) is 5.15. The number of amides is 2. The van der Waals surface area contributed by atoms with Crippen molar-refractivity contribution in [1.82, 2.24) is 35.1 Å². The van der Waals surface area contributed by atoms with Crippen LogP contribution in [0, 0.1) is 6.92 Å². The minimum atomic E-state index is -4.88. The molecule has 222 valence electrons. The van der Waals surface area contributed by atoms with Gasteiger partial charge in [0, 0.05) is 24.3 Å². The lowest BCUT2D eigenvalue weighted by Gasteiger charge is -2.14. The van der Waals surface area contributed by atoms with Gasteiger partial charge in [0.25, 0.3) is 11.8 Å². The van der Waals surface area contributed by atoms with E-state index in [4.69, 9.17) is 23.2 Å². The third-order valence-corrected chi connectivity index (χ3v) is 7.05. The minimum absolute atomic E-state index is 0.00608. The zero-order valence-corrected chi connectivity index (χ0v) is 25.1. The molecule has 2 aromatic carbocycles. The van der Waals surface area contributed by atoms with Crippen molar-refractivity contribution in [2.24, 2.45) is 0 Å². The van der Waals surface area contributed by atoms with Crippen LogP contribution in [0.2, 0.25) is 10.0 Å². The Morgan fingerprint density at radius 1 is 1.07 bits per heavy atom. The van der Waals surface area contributed by atoms with Gasteiger partial charge in [-0.1, -0.05) is 23.2 Å². The van der Waals surface area contributed by atoms with Crippen LogP contribution in [0.5, 0.6) is 5.75 Å². The second-order valence-corrected chi connectivity index (χ2v) is 10.7. The second-order valence-electron chi connectivity index (χ2n) is 8.97. The van der Waals surface area contributed by atoms with Gasteiger partial charge in [0.15, 0.2) is 5.82 Å². The van der Waals surface area contributed by atoms with Crippen molar-refractivity contribution in [2.75, 3.05) is 12.4 Å². The maximum Gasteiger partial charge on any atom is 0.573 e. The normalized spacial score (nSPS) is 11.5. The summed E-state index contributed by atoms with van der Waals surface area (Å²) < 4.78 is 43.7. The first-order chi connectivity index (χ1) is 20.3. The number of carbonyl (C=O) groups excluding carboxylic acids is 2. The van der Waals surface area contributed by atoms with Gasteiger partial charge < -0.3 is 15.4 Å². The van der Waals surface area contributed by atoms with Crippen LogP contribution >= 0.6 is 39.1 Å². The average molecular weight is 698 g/mol. The van der Waals surface area contributed by atoms with E-state index in [1.165, 1.54) is 34.9 Å². The Kier molecular flexibility index (Phi) is 8.31. The Hall–Kier alpha value is -4.21. The molecule has 0 bridgehead atoms. The fourth-order valence-electron chi connectivity index (χ4n) is 4.17. The zero-order valence-electron chi connectivity index (χ0n) is 22.0. The average Bonchev–Trinajstić information content (AvgIpc) is 3.53. The fraction of sp³-hybridized carbons (Fsp3) is 0.154. The van der Waals surface area contributed by atoms with Crippen LogP contribution in [-0.4, -0.2) is 55.0 Å². The van der Waals surface area contributed by atoms with Crippen molar-refractivity contribution in [3.8, 4) is 11.6 Å². The number of halogens is 6. The smallest absolute Gasteiger partial charge is 0.406 e. The summed E-state index contributed by atoms with van der Waals surface area (Å²) in [6, 6.07) is 9.88. The van der Waals surface area contributed by atoms with Crippen LogP contribution in [0.15, 0.2) is 53.1 Å². The first-order valence-electron chi connectivity index (χ1n) is 12.2. The van der Waals surface area contributed by atoms with Gasteiger partial charge in [0.2, 0.25) is 0 Å². The Morgan fingerprint density at radius 3 is 2.53 bits per heavy atom. The van der Waals surface area contributed by atoms with E-state index in [9.17, 15) is 22.8 Å². The van der Waals surface area contributed by atoms with Crippen LogP contribution in [0.1, 0.15) is 32.1 Å². The van der Waals surface area contributed by atoms with Crippen LogP contribution in [0.4, 0.5) is 18.9 Å². The van der Waals surface area contributed by atoms with Gasteiger partial charge in [-0.15, -0.1) is 13.2 Å². The number of rotatable bonds is 7. The molecule has 5 rings (SSSR count). The van der Waals surface area contributed by atoms with E-state index in [2.05, 4.69) is 51.6 Å². The second kappa shape index (κ2) is 11.8. The number of hydrogen-bond acceptors (Lipinski definition) is 7. The van der Waals surface area contributed by atoms with Crippen LogP contribution in [-0.2, 0) is 6.54 Å². The van der Waals surface area contributed by atoms with Crippen molar-refractivity contribution in [1.29, 1.82) is 0 Å². The number of nitrogens with one attached hydrogen (secondary N) is 2. The summed E-state index contributed by atoms with van der Waals surface area (Å²) in [5, 5.41) is 18.8. The van der Waals surface area contributed by atoms with Crippen LogP contribution < -0.4 is 15.4 Å². The van der Waals surface area contributed by atoms with E-state index >= 15 is 0 Å². The van der Waals surface area contributed by atoms with E-state index in [1.54, 1.807) is 25.1 Å². The molecule has 0 fully saturated rings. The summed E-state index contributed by atoms with van der Waals surface area (Å²) in [6.45, 7) is 1.60. The minimum Gasteiger partial charge on any atom is -0.406 e. The molecule has 2 amide bonds. The number of nitrogens with zero attached hydrogens (tertiary/aromatic N) is 6. The number of ether oxygens (including phenoxy) is 1. The quantitative estimate of drug-likeness (QED) is 0.215. The van der Waals surface area contributed by atoms with Crippen molar-refractivity contribution < 1.29 is 27.5 Å². The molecule has 0 atom stereocenters. The van der Waals surface area contributed by atoms with Gasteiger partial charge in [0.1, 0.15) is 29.0 Å². The summed E-state index contributed by atoms with van der Waals surface area (Å²) in [5.74, 6) is -1.43. The highest BCUT2D eigenvalue weighted by atomic mass is 79.9. The highest BCUT2D eigenvalue weighted by Crippen LogP contribution is 2.31. The molecular weight excluding hydrogens is 680 g/mol. The van der Waals surface area contributed by atoms with E-state index < -0.39 is 23.9 Å². The molecule has 5 aromatic rings. The SMILES string of the molecule is CNC(=O)c1cc(Cl)cc(C)c1NC(=O)c1cc(Cn2nc3cc(OC(F)(F)F)cc(Br)c3n2)nn1-c1ncccc1Cl. The number of aromatic nitrogens is 6. The molecule has 0 aliphatic heterocycles. The summed E-state index contributed by atoms with van der Waals surface area (Å²) >= 11 is 15.7. The van der Waals surface area contributed by atoms with Gasteiger partial charge in [0.05, 0.1) is 26.4 Å². The molecule has 3 aromatic heterocycles. The Bertz CT molecular complexity index is 1890. The molecule has 2 N–H and O–H groups in total. The number of aryl methyl sites for hydroxylation is 1. The number of pyridine rings is 1. The molecule has 0 saturated heterocycles. The van der Waals surface area contributed by atoms with Gasteiger partial charge in [-0.3, -0.25) is 9.59 Å². The summed E-state index contributed by atoms with van der Waals surface area (Å²) in [7, 11) is 1.45. The molecule has 3 heterocycles. The van der Waals surface area contributed by atoms with E-state index in [1.807, 2.05) is 0 Å². The van der Waals surface area contributed by atoms with E-state index in [-0.39, 0.29) is 55.5 Å².